The van der Waals surface area contributed by atoms with Gasteiger partial charge >= 0.3 is 0 Å². The Morgan fingerprint density at radius 1 is 1.16 bits per heavy atom. The molecule has 0 saturated carbocycles. The molecule has 3 rings (SSSR count). The van der Waals surface area contributed by atoms with Crippen LogP contribution in [0.2, 0.25) is 5.02 Å². The predicted molar refractivity (Wildman–Crippen MR) is 99.6 cm³/mol. The van der Waals surface area contributed by atoms with Gasteiger partial charge in [-0.15, -0.1) is 0 Å². The maximum Gasteiger partial charge on any atom is 0.248 e. The van der Waals surface area contributed by atoms with Crippen LogP contribution in [0.1, 0.15) is 17.0 Å². The standard InChI is InChI=1S/C18H18ClN5O/c1-11-7-12(2)9-15(8-11)22-18(20)21-10-16-23-17(24-25-16)13-3-5-14(19)6-4-13/h3-9H,10H2,1-2H3,(H3,20,21,22). The monoisotopic (exact) mass is 355 g/mol. The molecular formula is C18H18ClN5O. The minimum atomic E-state index is 0.199. The fraction of sp³-hybridized carbons (Fsp3) is 0.167. The lowest BCUT2D eigenvalue weighted by atomic mass is 10.1. The molecule has 0 aliphatic heterocycles. The number of nitrogens with one attached hydrogen (secondary N) is 1. The van der Waals surface area contributed by atoms with E-state index in [0.717, 1.165) is 22.4 Å². The number of rotatable bonds is 4. The molecule has 0 spiro atoms. The van der Waals surface area contributed by atoms with Crippen LogP contribution in [0.25, 0.3) is 11.4 Å². The van der Waals surface area contributed by atoms with Crippen molar-refractivity contribution in [2.75, 3.05) is 5.32 Å². The van der Waals surface area contributed by atoms with Crippen LogP contribution in [-0.2, 0) is 6.54 Å². The number of aromatic nitrogens is 2. The van der Waals surface area contributed by atoms with Gasteiger partial charge < -0.3 is 15.6 Å². The number of hydrogen-bond acceptors (Lipinski definition) is 4. The molecule has 0 aliphatic carbocycles. The third-order valence-electron chi connectivity index (χ3n) is 3.45. The molecule has 1 heterocycles. The van der Waals surface area contributed by atoms with Crippen LogP contribution in [0.3, 0.4) is 0 Å². The lowest BCUT2D eigenvalue weighted by Gasteiger charge is -2.07. The van der Waals surface area contributed by atoms with E-state index >= 15 is 0 Å². The van der Waals surface area contributed by atoms with Crippen molar-refractivity contribution >= 4 is 23.2 Å². The molecule has 3 N–H and O–H groups in total. The summed E-state index contributed by atoms with van der Waals surface area (Å²) >= 11 is 5.87. The van der Waals surface area contributed by atoms with E-state index in [0.29, 0.717) is 16.7 Å². The molecular weight excluding hydrogens is 338 g/mol. The van der Waals surface area contributed by atoms with Crippen molar-refractivity contribution in [2.24, 2.45) is 10.7 Å². The molecule has 0 fully saturated rings. The summed E-state index contributed by atoms with van der Waals surface area (Å²) in [6, 6.07) is 13.3. The quantitative estimate of drug-likeness (QED) is 0.546. The summed E-state index contributed by atoms with van der Waals surface area (Å²) in [5.41, 5.74) is 9.95. The van der Waals surface area contributed by atoms with E-state index in [2.05, 4.69) is 26.5 Å². The number of hydrogen-bond donors (Lipinski definition) is 2. The fourth-order valence-corrected chi connectivity index (χ4v) is 2.55. The Kier molecular flexibility index (Phi) is 5.00. The number of halogens is 1. The van der Waals surface area contributed by atoms with Crippen molar-refractivity contribution in [2.45, 2.75) is 20.4 Å². The number of aryl methyl sites for hydroxylation is 2. The molecule has 1 aromatic heterocycles. The Labute approximate surface area is 150 Å². The van der Waals surface area contributed by atoms with E-state index in [9.17, 15) is 0 Å². The van der Waals surface area contributed by atoms with Crippen molar-refractivity contribution in [3.8, 4) is 11.4 Å². The summed E-state index contributed by atoms with van der Waals surface area (Å²) in [5, 5.41) is 7.66. The molecule has 0 amide bonds. The third-order valence-corrected chi connectivity index (χ3v) is 3.70. The molecule has 0 bridgehead atoms. The third kappa shape index (κ3) is 4.58. The molecule has 0 atom stereocenters. The SMILES string of the molecule is Cc1cc(C)cc(NC(N)=NCc2nc(-c3ccc(Cl)cc3)no2)c1. The molecule has 0 radical (unpaired) electrons. The number of nitrogens with two attached hydrogens (primary N) is 1. The van der Waals surface area contributed by atoms with E-state index in [4.69, 9.17) is 21.9 Å². The molecule has 0 aliphatic rings. The zero-order valence-electron chi connectivity index (χ0n) is 14.0. The average molecular weight is 356 g/mol. The molecule has 0 unspecified atom stereocenters. The van der Waals surface area contributed by atoms with Gasteiger partial charge in [0.15, 0.2) is 5.96 Å². The van der Waals surface area contributed by atoms with Crippen molar-refractivity contribution in [3.63, 3.8) is 0 Å². The van der Waals surface area contributed by atoms with Crippen LogP contribution >= 0.6 is 11.6 Å². The zero-order valence-corrected chi connectivity index (χ0v) is 14.7. The van der Waals surface area contributed by atoms with E-state index in [1.165, 1.54) is 0 Å². The normalized spacial score (nSPS) is 11.6. The maximum absolute atomic E-state index is 5.92. The molecule has 3 aromatic rings. The van der Waals surface area contributed by atoms with Gasteiger partial charge in [0.05, 0.1) is 0 Å². The number of aliphatic imine (C=N–C) groups is 1. The van der Waals surface area contributed by atoms with Crippen LogP contribution in [-0.4, -0.2) is 16.1 Å². The highest BCUT2D eigenvalue weighted by Gasteiger charge is 2.08. The minimum absolute atomic E-state index is 0.199. The molecule has 0 saturated heterocycles. The van der Waals surface area contributed by atoms with Gasteiger partial charge in [0, 0.05) is 16.3 Å². The number of nitrogens with zero attached hydrogens (tertiary/aromatic N) is 3. The average Bonchev–Trinajstić information content (AvgIpc) is 3.01. The van der Waals surface area contributed by atoms with Crippen molar-refractivity contribution in [3.05, 3.63) is 64.5 Å². The highest BCUT2D eigenvalue weighted by atomic mass is 35.5. The predicted octanol–water partition coefficient (Wildman–Crippen LogP) is 3.93. The van der Waals surface area contributed by atoms with E-state index < -0.39 is 0 Å². The van der Waals surface area contributed by atoms with E-state index in [-0.39, 0.29) is 12.5 Å². The lowest BCUT2D eigenvalue weighted by Crippen LogP contribution is -2.22. The summed E-state index contributed by atoms with van der Waals surface area (Å²) < 4.78 is 5.20. The molecule has 25 heavy (non-hydrogen) atoms. The van der Waals surface area contributed by atoms with Gasteiger partial charge in [0.1, 0.15) is 6.54 Å². The highest BCUT2D eigenvalue weighted by molar-refractivity contribution is 6.30. The highest BCUT2D eigenvalue weighted by Crippen LogP contribution is 2.19. The van der Waals surface area contributed by atoms with Crippen LogP contribution in [0.15, 0.2) is 52.0 Å². The topological polar surface area (TPSA) is 89.3 Å². The Hall–Kier alpha value is -2.86. The first-order valence-electron chi connectivity index (χ1n) is 7.73. The first-order chi connectivity index (χ1) is 12.0. The molecule has 6 nitrogen and oxygen atoms in total. The molecule has 7 heteroatoms. The first-order valence-corrected chi connectivity index (χ1v) is 8.11. The van der Waals surface area contributed by atoms with Crippen molar-refractivity contribution < 1.29 is 4.52 Å². The van der Waals surface area contributed by atoms with Crippen LogP contribution < -0.4 is 11.1 Å². The second-order valence-electron chi connectivity index (χ2n) is 5.72. The van der Waals surface area contributed by atoms with Crippen molar-refractivity contribution in [1.82, 2.24) is 10.1 Å². The number of anilines is 1. The Morgan fingerprint density at radius 3 is 2.52 bits per heavy atom. The number of guanidine groups is 1. The maximum atomic E-state index is 5.92. The fourth-order valence-electron chi connectivity index (χ4n) is 2.42. The smallest absolute Gasteiger partial charge is 0.248 e. The van der Waals surface area contributed by atoms with Crippen LogP contribution in [0, 0.1) is 13.8 Å². The van der Waals surface area contributed by atoms with Gasteiger partial charge in [-0.25, -0.2) is 4.99 Å². The largest absolute Gasteiger partial charge is 0.370 e. The van der Waals surface area contributed by atoms with E-state index in [1.54, 1.807) is 12.1 Å². The summed E-state index contributed by atoms with van der Waals surface area (Å²) in [4.78, 5) is 8.54. The Balaban J connectivity index is 1.66. The first kappa shape index (κ1) is 17.0. The second-order valence-corrected chi connectivity index (χ2v) is 6.16. The molecule has 128 valence electrons. The van der Waals surface area contributed by atoms with Crippen LogP contribution in [0.5, 0.6) is 0 Å². The summed E-state index contributed by atoms with van der Waals surface area (Å²) in [7, 11) is 0. The minimum Gasteiger partial charge on any atom is -0.370 e. The summed E-state index contributed by atoms with van der Waals surface area (Å²) in [6.45, 7) is 4.26. The summed E-state index contributed by atoms with van der Waals surface area (Å²) in [5.74, 6) is 1.16. The second kappa shape index (κ2) is 7.36. The Bertz CT molecular complexity index is 882. The van der Waals surface area contributed by atoms with Gasteiger partial charge in [0.25, 0.3) is 0 Å². The zero-order chi connectivity index (χ0) is 17.8. The Morgan fingerprint density at radius 2 is 1.84 bits per heavy atom. The van der Waals surface area contributed by atoms with Gasteiger partial charge in [-0.3, -0.25) is 0 Å². The van der Waals surface area contributed by atoms with Gasteiger partial charge in [-0.1, -0.05) is 22.8 Å². The van der Waals surface area contributed by atoms with Crippen molar-refractivity contribution in [1.29, 1.82) is 0 Å². The van der Waals surface area contributed by atoms with Gasteiger partial charge in [0.2, 0.25) is 11.7 Å². The van der Waals surface area contributed by atoms with Crippen LogP contribution in [0.4, 0.5) is 5.69 Å². The molecule has 2 aromatic carbocycles. The number of benzene rings is 2. The summed E-state index contributed by atoms with van der Waals surface area (Å²) in [6.07, 6.45) is 0. The van der Waals surface area contributed by atoms with E-state index in [1.807, 2.05) is 38.1 Å². The van der Waals surface area contributed by atoms with Gasteiger partial charge in [-0.05, 0) is 61.4 Å². The van der Waals surface area contributed by atoms with Gasteiger partial charge in [-0.2, -0.15) is 4.98 Å². The lowest BCUT2D eigenvalue weighted by molar-refractivity contribution is 0.381.